The Bertz CT molecular complexity index is 1460. The summed E-state index contributed by atoms with van der Waals surface area (Å²) in [7, 11) is -3.82. The van der Waals surface area contributed by atoms with Gasteiger partial charge >= 0.3 is 0 Å². The minimum atomic E-state index is -3.82. The Balaban J connectivity index is 1.51. The third kappa shape index (κ3) is 4.56. The SMILES string of the molecule is CC(C)CN(C(=O)c1cccc(S(=O)(=O)N2CCCc3ccccc32)c1)c1nc2ccccc2s1. The van der Waals surface area contributed by atoms with Crippen LogP contribution in [-0.2, 0) is 16.4 Å². The van der Waals surface area contributed by atoms with Crippen molar-refractivity contribution < 1.29 is 13.2 Å². The van der Waals surface area contributed by atoms with Gasteiger partial charge in [0.1, 0.15) is 0 Å². The first kappa shape index (κ1) is 23.5. The number of para-hydroxylation sites is 2. The van der Waals surface area contributed by atoms with Gasteiger partial charge in [0.25, 0.3) is 15.9 Å². The van der Waals surface area contributed by atoms with E-state index in [0.29, 0.717) is 29.5 Å². The number of thiazole rings is 1. The summed E-state index contributed by atoms with van der Waals surface area (Å²) >= 11 is 1.46. The maximum Gasteiger partial charge on any atom is 0.264 e. The standard InChI is InChI=1S/C27H27N3O3S2/c1-19(2)18-29(27-28-23-13-4-6-15-25(23)34-27)26(31)21-10-7-12-22(17-21)35(32,33)30-16-8-11-20-9-3-5-14-24(20)30/h3-7,9-10,12-15,17,19H,8,11,16,18H2,1-2H3. The van der Waals surface area contributed by atoms with Gasteiger partial charge in [0.05, 0.1) is 20.8 Å². The summed E-state index contributed by atoms with van der Waals surface area (Å²) in [6, 6.07) is 21.8. The van der Waals surface area contributed by atoms with Crippen molar-refractivity contribution in [1.29, 1.82) is 0 Å². The van der Waals surface area contributed by atoms with Crippen molar-refractivity contribution in [2.45, 2.75) is 31.6 Å². The van der Waals surface area contributed by atoms with E-state index in [2.05, 4.69) is 4.98 Å². The van der Waals surface area contributed by atoms with Crippen LogP contribution in [0.25, 0.3) is 10.2 Å². The zero-order valence-corrected chi connectivity index (χ0v) is 21.3. The van der Waals surface area contributed by atoms with Crippen LogP contribution in [0.5, 0.6) is 0 Å². The number of aryl methyl sites for hydroxylation is 1. The summed E-state index contributed by atoms with van der Waals surface area (Å²) in [5, 5.41) is 0.614. The molecule has 1 aliphatic heterocycles. The molecule has 4 aromatic rings. The molecule has 8 heteroatoms. The van der Waals surface area contributed by atoms with Crippen LogP contribution in [-0.4, -0.2) is 32.4 Å². The van der Waals surface area contributed by atoms with Crippen molar-refractivity contribution in [2.75, 3.05) is 22.3 Å². The van der Waals surface area contributed by atoms with E-state index >= 15 is 0 Å². The lowest BCUT2D eigenvalue weighted by atomic mass is 10.0. The van der Waals surface area contributed by atoms with Crippen molar-refractivity contribution >= 4 is 48.3 Å². The number of amides is 1. The van der Waals surface area contributed by atoms with Crippen LogP contribution >= 0.6 is 11.3 Å². The molecule has 0 N–H and O–H groups in total. The highest BCUT2D eigenvalue weighted by Crippen LogP contribution is 2.33. The van der Waals surface area contributed by atoms with Crippen LogP contribution in [0.4, 0.5) is 10.8 Å². The highest BCUT2D eigenvalue weighted by molar-refractivity contribution is 7.92. The lowest BCUT2D eigenvalue weighted by molar-refractivity contribution is 0.0983. The number of hydrogen-bond donors (Lipinski definition) is 0. The van der Waals surface area contributed by atoms with E-state index < -0.39 is 10.0 Å². The van der Waals surface area contributed by atoms with Crippen LogP contribution in [0.15, 0.2) is 77.7 Å². The predicted molar refractivity (Wildman–Crippen MR) is 142 cm³/mol. The first-order chi connectivity index (χ1) is 16.8. The molecule has 0 saturated heterocycles. The van der Waals surface area contributed by atoms with Gasteiger partial charge in [0.2, 0.25) is 0 Å². The lowest BCUT2D eigenvalue weighted by Crippen LogP contribution is -2.36. The van der Waals surface area contributed by atoms with Gasteiger partial charge in [0, 0.05) is 18.7 Å². The minimum absolute atomic E-state index is 0.119. The summed E-state index contributed by atoms with van der Waals surface area (Å²) in [5.41, 5.74) is 2.91. The van der Waals surface area contributed by atoms with Crippen LogP contribution in [0, 0.1) is 5.92 Å². The fourth-order valence-corrected chi connectivity index (χ4v) is 6.97. The number of anilines is 2. The molecule has 1 aliphatic rings. The van der Waals surface area contributed by atoms with Crippen molar-refractivity contribution in [3.63, 3.8) is 0 Å². The normalized spacial score (nSPS) is 13.7. The molecule has 1 aromatic heterocycles. The maximum absolute atomic E-state index is 13.7. The molecule has 0 radical (unpaired) electrons. The average Bonchev–Trinajstić information content (AvgIpc) is 3.30. The van der Waals surface area contributed by atoms with Crippen molar-refractivity contribution in [3.05, 3.63) is 83.9 Å². The van der Waals surface area contributed by atoms with Gasteiger partial charge in [-0.25, -0.2) is 13.4 Å². The van der Waals surface area contributed by atoms with Crippen molar-refractivity contribution in [3.8, 4) is 0 Å². The molecular weight excluding hydrogens is 478 g/mol. The van der Waals surface area contributed by atoms with Gasteiger partial charge in [-0.3, -0.25) is 14.0 Å². The fourth-order valence-electron chi connectivity index (χ4n) is 4.41. The molecule has 0 bridgehead atoms. The third-order valence-corrected chi connectivity index (χ3v) is 8.91. The molecule has 180 valence electrons. The molecule has 0 spiro atoms. The molecule has 6 nitrogen and oxygen atoms in total. The Labute approximate surface area is 209 Å². The number of rotatable bonds is 6. The zero-order chi connectivity index (χ0) is 24.6. The van der Waals surface area contributed by atoms with Crippen LogP contribution in [0.1, 0.15) is 36.2 Å². The summed E-state index contributed by atoms with van der Waals surface area (Å²) in [6.45, 7) is 4.99. The Kier molecular flexibility index (Phi) is 6.34. The van der Waals surface area contributed by atoms with Crippen LogP contribution < -0.4 is 9.21 Å². The smallest absolute Gasteiger partial charge is 0.264 e. The van der Waals surface area contributed by atoms with Gasteiger partial charge in [-0.1, -0.05) is 61.6 Å². The Hall–Kier alpha value is -3.23. The molecule has 0 saturated carbocycles. The lowest BCUT2D eigenvalue weighted by Gasteiger charge is -2.30. The highest BCUT2D eigenvalue weighted by atomic mass is 32.2. The van der Waals surface area contributed by atoms with Gasteiger partial charge < -0.3 is 0 Å². The molecule has 5 rings (SSSR count). The predicted octanol–water partition coefficient (Wildman–Crippen LogP) is 5.74. The summed E-state index contributed by atoms with van der Waals surface area (Å²) in [4.78, 5) is 20.2. The number of fused-ring (bicyclic) bond motifs is 2. The quantitative estimate of drug-likeness (QED) is 0.335. The highest BCUT2D eigenvalue weighted by Gasteiger charge is 2.30. The van der Waals surface area contributed by atoms with E-state index in [4.69, 9.17) is 0 Å². The molecule has 0 fully saturated rings. The number of sulfonamides is 1. The average molecular weight is 506 g/mol. The Morgan fingerprint density at radius 3 is 2.63 bits per heavy atom. The molecule has 2 heterocycles. The zero-order valence-electron chi connectivity index (χ0n) is 19.7. The van der Waals surface area contributed by atoms with E-state index in [1.54, 1.807) is 23.1 Å². The van der Waals surface area contributed by atoms with Crippen LogP contribution in [0.3, 0.4) is 0 Å². The number of carbonyl (C=O) groups excluding carboxylic acids is 1. The first-order valence-electron chi connectivity index (χ1n) is 11.7. The molecule has 0 aliphatic carbocycles. The summed E-state index contributed by atoms with van der Waals surface area (Å²) in [5.74, 6) is -0.0448. The topological polar surface area (TPSA) is 70.6 Å². The van der Waals surface area contributed by atoms with Crippen molar-refractivity contribution in [2.24, 2.45) is 5.92 Å². The molecular formula is C27H27N3O3S2. The number of hydrogen-bond acceptors (Lipinski definition) is 5. The second-order valence-corrected chi connectivity index (χ2v) is 12.0. The Morgan fingerprint density at radius 2 is 1.83 bits per heavy atom. The van der Waals surface area contributed by atoms with E-state index in [1.165, 1.54) is 21.7 Å². The van der Waals surface area contributed by atoms with Crippen molar-refractivity contribution in [1.82, 2.24) is 4.98 Å². The molecule has 0 atom stereocenters. The largest absolute Gasteiger partial charge is 0.284 e. The number of nitrogens with zero attached hydrogens (tertiary/aromatic N) is 3. The monoisotopic (exact) mass is 505 g/mol. The summed E-state index contributed by atoms with van der Waals surface area (Å²) < 4.78 is 29.8. The second-order valence-electron chi connectivity index (χ2n) is 9.11. The molecule has 35 heavy (non-hydrogen) atoms. The van der Waals surface area contributed by atoms with Gasteiger partial charge in [0.15, 0.2) is 5.13 Å². The minimum Gasteiger partial charge on any atom is -0.284 e. The van der Waals surface area contributed by atoms with Crippen LogP contribution in [0.2, 0.25) is 0 Å². The van der Waals surface area contributed by atoms with E-state index in [1.807, 2.05) is 62.4 Å². The molecule has 0 unspecified atom stereocenters. The first-order valence-corrected chi connectivity index (χ1v) is 14.0. The van der Waals surface area contributed by atoms with E-state index in [0.717, 1.165) is 28.6 Å². The van der Waals surface area contributed by atoms with Gasteiger partial charge in [-0.15, -0.1) is 0 Å². The number of carbonyl (C=O) groups is 1. The third-order valence-electron chi connectivity index (χ3n) is 6.04. The van der Waals surface area contributed by atoms with E-state index in [9.17, 15) is 13.2 Å². The fraction of sp³-hybridized carbons (Fsp3) is 0.259. The summed E-state index contributed by atoms with van der Waals surface area (Å²) in [6.07, 6.45) is 1.61. The number of aromatic nitrogens is 1. The Morgan fingerprint density at radius 1 is 1.06 bits per heavy atom. The molecule has 1 amide bonds. The van der Waals surface area contributed by atoms with Gasteiger partial charge in [-0.2, -0.15) is 0 Å². The second kappa shape index (κ2) is 9.43. The van der Waals surface area contributed by atoms with Gasteiger partial charge in [-0.05, 0) is 60.7 Å². The molecule has 3 aromatic carbocycles. The van der Waals surface area contributed by atoms with E-state index in [-0.39, 0.29) is 16.7 Å². The number of benzene rings is 3. The maximum atomic E-state index is 13.7.